The van der Waals surface area contributed by atoms with Crippen LogP contribution in [-0.4, -0.2) is 11.5 Å². The third-order valence-corrected chi connectivity index (χ3v) is 5.35. The lowest BCUT2D eigenvalue weighted by Crippen LogP contribution is -2.17. The van der Waals surface area contributed by atoms with Gasteiger partial charge in [-0.15, -0.1) is 22.7 Å². The Labute approximate surface area is 118 Å². The Morgan fingerprint density at radius 3 is 2.71 bits per heavy atom. The second-order valence-corrected chi connectivity index (χ2v) is 7.61. The van der Waals surface area contributed by atoms with Crippen molar-refractivity contribution < 1.29 is 0 Å². The van der Waals surface area contributed by atoms with Crippen LogP contribution in [0.25, 0.3) is 10.6 Å². The molecule has 2 rings (SSSR count). The van der Waals surface area contributed by atoms with Crippen molar-refractivity contribution in [2.45, 2.75) is 19.8 Å². The summed E-state index contributed by atoms with van der Waals surface area (Å²) in [5, 5.41) is 3.28. The summed E-state index contributed by atoms with van der Waals surface area (Å²) < 4.78 is 1.14. The van der Waals surface area contributed by atoms with E-state index >= 15 is 0 Å². The number of hydrogen-bond acceptors (Lipinski definition) is 4. The third kappa shape index (κ3) is 2.96. The molecule has 17 heavy (non-hydrogen) atoms. The van der Waals surface area contributed by atoms with E-state index in [-0.39, 0.29) is 0 Å². The van der Waals surface area contributed by atoms with E-state index in [1.54, 1.807) is 22.7 Å². The fourth-order valence-corrected chi connectivity index (χ4v) is 4.21. The van der Waals surface area contributed by atoms with Gasteiger partial charge in [-0.2, -0.15) is 0 Å². The van der Waals surface area contributed by atoms with E-state index in [1.165, 1.54) is 4.88 Å². The molecule has 1 atom stereocenters. The van der Waals surface area contributed by atoms with Crippen LogP contribution in [-0.2, 0) is 0 Å². The molecule has 0 fully saturated rings. The lowest BCUT2D eigenvalue weighted by atomic mass is 9.97. The summed E-state index contributed by atoms with van der Waals surface area (Å²) in [4.78, 5) is 5.92. The molecule has 0 saturated heterocycles. The number of nitrogens with zero attached hydrogens (tertiary/aromatic N) is 1. The van der Waals surface area contributed by atoms with Crippen molar-refractivity contribution in [2.24, 2.45) is 11.7 Å². The lowest BCUT2D eigenvalue weighted by molar-refractivity contribution is 0.504. The van der Waals surface area contributed by atoms with Gasteiger partial charge < -0.3 is 5.73 Å². The highest BCUT2D eigenvalue weighted by Gasteiger charge is 2.18. The first kappa shape index (κ1) is 13.2. The Morgan fingerprint density at radius 1 is 1.41 bits per heavy atom. The molecule has 0 saturated carbocycles. The molecule has 2 N–H and O–H groups in total. The first-order valence-corrected chi connectivity index (χ1v) is 8.02. The first-order chi connectivity index (χ1) is 8.11. The van der Waals surface area contributed by atoms with E-state index in [0.29, 0.717) is 18.4 Å². The maximum atomic E-state index is 5.82. The number of halogens is 1. The van der Waals surface area contributed by atoms with Gasteiger partial charge in [0.15, 0.2) is 0 Å². The molecular weight excluding hydrogens is 316 g/mol. The van der Waals surface area contributed by atoms with Gasteiger partial charge in [-0.3, -0.25) is 0 Å². The van der Waals surface area contributed by atoms with Gasteiger partial charge in [-0.25, -0.2) is 4.98 Å². The largest absolute Gasteiger partial charge is 0.330 e. The van der Waals surface area contributed by atoms with E-state index in [9.17, 15) is 0 Å². The maximum Gasteiger partial charge on any atom is 0.0979 e. The topological polar surface area (TPSA) is 38.9 Å². The molecule has 5 heteroatoms. The molecule has 0 aliphatic heterocycles. The summed E-state index contributed by atoms with van der Waals surface area (Å²) in [5.41, 5.74) is 6.89. The average molecular weight is 331 g/mol. The van der Waals surface area contributed by atoms with Crippen LogP contribution >= 0.6 is 38.6 Å². The Kier molecular flexibility index (Phi) is 4.36. The number of rotatable bonds is 4. The van der Waals surface area contributed by atoms with E-state index in [1.807, 2.05) is 0 Å². The monoisotopic (exact) mass is 330 g/mol. The molecule has 2 heterocycles. The SMILES string of the molecule is CC(C)C(CN)c1nc(-c2ccc(Br)s2)cs1. The zero-order chi connectivity index (χ0) is 12.4. The highest BCUT2D eigenvalue weighted by Crippen LogP contribution is 2.34. The number of aromatic nitrogens is 1. The molecule has 2 aromatic rings. The smallest absolute Gasteiger partial charge is 0.0979 e. The molecule has 0 amide bonds. The van der Waals surface area contributed by atoms with E-state index in [2.05, 4.69) is 47.3 Å². The first-order valence-electron chi connectivity index (χ1n) is 5.53. The Balaban J connectivity index is 2.26. The normalized spacial score (nSPS) is 13.2. The van der Waals surface area contributed by atoms with Crippen molar-refractivity contribution in [3.63, 3.8) is 0 Å². The molecular formula is C12H15BrN2S2. The number of nitrogens with two attached hydrogens (primary N) is 1. The van der Waals surface area contributed by atoms with Gasteiger partial charge in [-0.05, 0) is 34.0 Å². The molecule has 1 unspecified atom stereocenters. The third-order valence-electron chi connectivity index (χ3n) is 2.72. The summed E-state index contributed by atoms with van der Waals surface area (Å²) >= 11 is 6.90. The van der Waals surface area contributed by atoms with Crippen LogP contribution in [0.15, 0.2) is 21.3 Å². The molecule has 92 valence electrons. The summed E-state index contributed by atoms with van der Waals surface area (Å²) in [7, 11) is 0. The van der Waals surface area contributed by atoms with E-state index in [4.69, 9.17) is 10.7 Å². The van der Waals surface area contributed by atoms with Crippen LogP contribution in [0.5, 0.6) is 0 Å². The van der Waals surface area contributed by atoms with Gasteiger partial charge in [0.25, 0.3) is 0 Å². The second kappa shape index (κ2) is 5.61. The zero-order valence-corrected chi connectivity index (χ0v) is 13.0. The minimum absolute atomic E-state index is 0.372. The van der Waals surface area contributed by atoms with Crippen molar-refractivity contribution in [3.8, 4) is 10.6 Å². The minimum atomic E-state index is 0.372. The maximum absolute atomic E-state index is 5.82. The van der Waals surface area contributed by atoms with Crippen molar-refractivity contribution >= 4 is 38.6 Å². The summed E-state index contributed by atoms with van der Waals surface area (Å²) in [6, 6.07) is 4.16. The molecule has 0 radical (unpaired) electrons. The molecule has 0 bridgehead atoms. The van der Waals surface area contributed by atoms with Crippen LogP contribution in [0, 0.1) is 5.92 Å². The van der Waals surface area contributed by atoms with Crippen molar-refractivity contribution in [1.29, 1.82) is 0 Å². The highest BCUT2D eigenvalue weighted by molar-refractivity contribution is 9.11. The summed E-state index contributed by atoms with van der Waals surface area (Å²) in [6.07, 6.45) is 0. The van der Waals surface area contributed by atoms with Gasteiger partial charge in [0.1, 0.15) is 0 Å². The van der Waals surface area contributed by atoms with Gasteiger partial charge >= 0.3 is 0 Å². The van der Waals surface area contributed by atoms with Gasteiger partial charge in [0, 0.05) is 17.8 Å². The molecule has 2 nitrogen and oxygen atoms in total. The predicted molar refractivity (Wildman–Crippen MR) is 79.8 cm³/mol. The fraction of sp³-hybridized carbons (Fsp3) is 0.417. The van der Waals surface area contributed by atoms with Gasteiger partial charge in [-0.1, -0.05) is 13.8 Å². The molecule has 0 aliphatic carbocycles. The Bertz CT molecular complexity index is 490. The number of hydrogen-bond donors (Lipinski definition) is 1. The summed E-state index contributed by atoms with van der Waals surface area (Å²) in [5.74, 6) is 0.909. The van der Waals surface area contributed by atoms with Crippen LogP contribution in [0.1, 0.15) is 24.8 Å². The highest BCUT2D eigenvalue weighted by atomic mass is 79.9. The van der Waals surface area contributed by atoms with E-state index in [0.717, 1.165) is 14.5 Å². The summed E-state index contributed by atoms with van der Waals surface area (Å²) in [6.45, 7) is 5.05. The van der Waals surface area contributed by atoms with Crippen molar-refractivity contribution in [1.82, 2.24) is 4.98 Å². The zero-order valence-electron chi connectivity index (χ0n) is 9.81. The van der Waals surface area contributed by atoms with Crippen molar-refractivity contribution in [3.05, 3.63) is 26.3 Å². The van der Waals surface area contributed by atoms with E-state index < -0.39 is 0 Å². The number of thiophene rings is 1. The average Bonchev–Trinajstić information content (AvgIpc) is 2.87. The van der Waals surface area contributed by atoms with Gasteiger partial charge in [0.05, 0.1) is 19.4 Å². The van der Waals surface area contributed by atoms with Gasteiger partial charge in [0.2, 0.25) is 0 Å². The molecule has 2 aromatic heterocycles. The van der Waals surface area contributed by atoms with Crippen LogP contribution in [0.2, 0.25) is 0 Å². The second-order valence-electron chi connectivity index (χ2n) is 4.26. The fourth-order valence-electron chi connectivity index (χ4n) is 1.68. The lowest BCUT2D eigenvalue weighted by Gasteiger charge is -2.15. The quantitative estimate of drug-likeness (QED) is 0.905. The predicted octanol–water partition coefficient (Wildman–Crippen LogP) is 4.33. The van der Waals surface area contributed by atoms with Crippen LogP contribution in [0.3, 0.4) is 0 Å². The minimum Gasteiger partial charge on any atom is -0.330 e. The van der Waals surface area contributed by atoms with Crippen molar-refractivity contribution in [2.75, 3.05) is 6.54 Å². The standard InChI is InChI=1S/C12H15BrN2S2/c1-7(2)8(5-14)12-15-9(6-16-12)10-3-4-11(13)17-10/h3-4,6-8H,5,14H2,1-2H3. The molecule has 0 aliphatic rings. The van der Waals surface area contributed by atoms with Crippen LogP contribution < -0.4 is 5.73 Å². The number of thiazole rings is 1. The van der Waals surface area contributed by atoms with Crippen LogP contribution in [0.4, 0.5) is 0 Å². The Morgan fingerprint density at radius 2 is 2.18 bits per heavy atom. The molecule has 0 aromatic carbocycles. The Hall–Kier alpha value is -0.230. The molecule has 0 spiro atoms.